The molecule has 0 aliphatic carbocycles. The van der Waals surface area contributed by atoms with Gasteiger partial charge < -0.3 is 4.90 Å². The number of hydrogen-bond acceptors (Lipinski definition) is 3. The van der Waals surface area contributed by atoms with Crippen LogP contribution in [0.15, 0.2) is 52.6 Å². The first-order valence-corrected chi connectivity index (χ1v) is 9.98. The van der Waals surface area contributed by atoms with Gasteiger partial charge in [-0.05, 0) is 67.6 Å². The van der Waals surface area contributed by atoms with Gasteiger partial charge in [-0.2, -0.15) is 0 Å². The minimum absolute atomic E-state index is 0.225. The maximum atomic E-state index is 13.4. The number of amides is 2. The highest BCUT2D eigenvalue weighted by molar-refractivity contribution is 9.10. The van der Waals surface area contributed by atoms with E-state index in [0.29, 0.717) is 17.0 Å². The molecule has 0 bridgehead atoms. The van der Waals surface area contributed by atoms with E-state index in [-0.39, 0.29) is 11.8 Å². The number of anilines is 1. The topological polar surface area (TPSA) is 40.6 Å². The molecule has 2 aromatic carbocycles. The van der Waals surface area contributed by atoms with Crippen molar-refractivity contribution >= 4 is 39.0 Å². The van der Waals surface area contributed by atoms with E-state index >= 15 is 0 Å². The van der Waals surface area contributed by atoms with E-state index < -0.39 is 0 Å². The summed E-state index contributed by atoms with van der Waals surface area (Å²) in [7, 11) is 0. The predicted octanol–water partition coefficient (Wildman–Crippen LogP) is 4.45. The molecule has 27 heavy (non-hydrogen) atoms. The molecule has 0 aromatic heterocycles. The van der Waals surface area contributed by atoms with Crippen LogP contribution in [0.5, 0.6) is 0 Å². The zero-order valence-corrected chi connectivity index (χ0v) is 17.0. The summed E-state index contributed by atoms with van der Waals surface area (Å²) < 4.78 is 0.910. The van der Waals surface area contributed by atoms with Gasteiger partial charge in [0.1, 0.15) is 5.70 Å². The van der Waals surface area contributed by atoms with Crippen LogP contribution in [-0.4, -0.2) is 29.8 Å². The van der Waals surface area contributed by atoms with E-state index in [4.69, 9.17) is 0 Å². The number of benzene rings is 2. The second-order valence-electron chi connectivity index (χ2n) is 7.14. The fourth-order valence-corrected chi connectivity index (χ4v) is 4.00. The second-order valence-corrected chi connectivity index (χ2v) is 8.05. The minimum Gasteiger partial charge on any atom is -0.366 e. The molecule has 2 aliphatic rings. The monoisotopic (exact) mass is 424 g/mol. The van der Waals surface area contributed by atoms with Gasteiger partial charge in [0.15, 0.2) is 0 Å². The summed E-state index contributed by atoms with van der Waals surface area (Å²) in [5.41, 5.74) is 4.77. The molecule has 5 heteroatoms. The van der Waals surface area contributed by atoms with Gasteiger partial charge in [0.05, 0.1) is 11.3 Å². The molecule has 4 rings (SSSR count). The number of nitrogens with zero attached hydrogens (tertiary/aromatic N) is 2. The van der Waals surface area contributed by atoms with Gasteiger partial charge in [0, 0.05) is 17.6 Å². The third-order valence-electron chi connectivity index (χ3n) is 5.36. The summed E-state index contributed by atoms with van der Waals surface area (Å²) in [5, 5.41) is 0. The van der Waals surface area contributed by atoms with E-state index in [2.05, 4.69) is 20.8 Å². The molecule has 138 valence electrons. The van der Waals surface area contributed by atoms with E-state index in [1.807, 2.05) is 44.2 Å². The number of aryl methyl sites for hydroxylation is 2. The molecule has 2 aliphatic heterocycles. The third-order valence-corrected chi connectivity index (χ3v) is 5.89. The summed E-state index contributed by atoms with van der Waals surface area (Å²) in [6.07, 6.45) is 2.09. The third kappa shape index (κ3) is 3.10. The Kier molecular flexibility index (Phi) is 4.64. The zero-order chi connectivity index (χ0) is 19.1. The SMILES string of the molecule is Cc1ccc(C2=C(N3CCCC3)C(=O)N(c3ccc(Br)cc3)C2=O)cc1C. The maximum absolute atomic E-state index is 13.4. The molecule has 2 aromatic rings. The van der Waals surface area contributed by atoms with Crippen LogP contribution < -0.4 is 4.90 Å². The van der Waals surface area contributed by atoms with Gasteiger partial charge in [-0.3, -0.25) is 9.59 Å². The highest BCUT2D eigenvalue weighted by Gasteiger charge is 2.42. The Morgan fingerprint density at radius 3 is 2.15 bits per heavy atom. The van der Waals surface area contributed by atoms with Crippen LogP contribution in [0.4, 0.5) is 5.69 Å². The highest BCUT2D eigenvalue weighted by Crippen LogP contribution is 2.36. The fraction of sp³-hybridized carbons (Fsp3) is 0.273. The molecule has 0 saturated carbocycles. The van der Waals surface area contributed by atoms with Crippen molar-refractivity contribution in [3.8, 4) is 0 Å². The Balaban J connectivity index is 1.84. The van der Waals surface area contributed by atoms with Crippen LogP contribution in [-0.2, 0) is 9.59 Å². The lowest BCUT2D eigenvalue weighted by Gasteiger charge is -2.20. The lowest BCUT2D eigenvalue weighted by atomic mass is 9.99. The molecular formula is C22H21BrN2O2. The second kappa shape index (κ2) is 6.97. The lowest BCUT2D eigenvalue weighted by molar-refractivity contribution is -0.120. The first kappa shape index (κ1) is 18.0. The number of carbonyl (C=O) groups is 2. The number of rotatable bonds is 3. The maximum Gasteiger partial charge on any atom is 0.282 e. The molecular weight excluding hydrogens is 404 g/mol. The number of imide groups is 1. The molecule has 0 N–H and O–H groups in total. The smallest absolute Gasteiger partial charge is 0.282 e. The van der Waals surface area contributed by atoms with Crippen molar-refractivity contribution in [1.29, 1.82) is 0 Å². The summed E-state index contributed by atoms with van der Waals surface area (Å²) in [4.78, 5) is 30.1. The first-order chi connectivity index (χ1) is 13.0. The van der Waals surface area contributed by atoms with Crippen molar-refractivity contribution < 1.29 is 9.59 Å². The summed E-state index contributed by atoms with van der Waals surface area (Å²) in [5.74, 6) is -0.468. The molecule has 2 heterocycles. The predicted molar refractivity (Wildman–Crippen MR) is 110 cm³/mol. The van der Waals surface area contributed by atoms with Crippen LogP contribution in [0.2, 0.25) is 0 Å². The fourth-order valence-electron chi connectivity index (χ4n) is 3.73. The first-order valence-electron chi connectivity index (χ1n) is 9.18. The quantitative estimate of drug-likeness (QED) is 0.683. The van der Waals surface area contributed by atoms with Crippen LogP contribution in [0.3, 0.4) is 0 Å². The minimum atomic E-state index is -0.243. The van der Waals surface area contributed by atoms with Crippen molar-refractivity contribution in [2.24, 2.45) is 0 Å². The van der Waals surface area contributed by atoms with E-state index in [0.717, 1.165) is 41.5 Å². The number of likely N-dealkylation sites (tertiary alicyclic amines) is 1. The Morgan fingerprint density at radius 2 is 1.52 bits per heavy atom. The molecule has 0 radical (unpaired) electrons. The van der Waals surface area contributed by atoms with Gasteiger partial charge >= 0.3 is 0 Å². The normalized spacial score (nSPS) is 17.4. The average molecular weight is 425 g/mol. The van der Waals surface area contributed by atoms with E-state index in [1.165, 1.54) is 10.5 Å². The lowest BCUT2D eigenvalue weighted by Crippen LogP contribution is -2.34. The Bertz CT molecular complexity index is 957. The van der Waals surface area contributed by atoms with Crippen molar-refractivity contribution in [1.82, 2.24) is 4.90 Å². The molecule has 2 amide bonds. The Hall–Kier alpha value is -2.40. The molecule has 1 saturated heterocycles. The van der Waals surface area contributed by atoms with Gasteiger partial charge in [0.25, 0.3) is 11.8 Å². The highest BCUT2D eigenvalue weighted by atomic mass is 79.9. The van der Waals surface area contributed by atoms with Crippen LogP contribution in [0, 0.1) is 13.8 Å². The molecule has 1 fully saturated rings. The van der Waals surface area contributed by atoms with Gasteiger partial charge in [-0.25, -0.2) is 4.90 Å². The van der Waals surface area contributed by atoms with Crippen molar-refractivity contribution in [2.45, 2.75) is 26.7 Å². The van der Waals surface area contributed by atoms with Crippen molar-refractivity contribution in [3.05, 3.63) is 69.3 Å². The molecule has 0 atom stereocenters. The van der Waals surface area contributed by atoms with E-state index in [1.54, 1.807) is 12.1 Å². The molecule has 0 unspecified atom stereocenters. The van der Waals surface area contributed by atoms with Gasteiger partial charge in [0.2, 0.25) is 0 Å². The number of carbonyl (C=O) groups excluding carboxylic acids is 2. The van der Waals surface area contributed by atoms with Crippen LogP contribution in [0.25, 0.3) is 5.57 Å². The molecule has 4 nitrogen and oxygen atoms in total. The van der Waals surface area contributed by atoms with Crippen molar-refractivity contribution in [2.75, 3.05) is 18.0 Å². The Morgan fingerprint density at radius 1 is 0.852 bits per heavy atom. The van der Waals surface area contributed by atoms with Gasteiger partial charge in [-0.15, -0.1) is 0 Å². The molecule has 0 spiro atoms. The van der Waals surface area contributed by atoms with Crippen molar-refractivity contribution in [3.63, 3.8) is 0 Å². The van der Waals surface area contributed by atoms with Crippen LogP contribution >= 0.6 is 15.9 Å². The zero-order valence-electron chi connectivity index (χ0n) is 15.5. The standard InChI is InChI=1S/C22H21BrN2O2/c1-14-5-6-16(13-15(14)2)19-20(24-11-3-4-12-24)22(27)25(21(19)26)18-9-7-17(23)8-10-18/h5-10,13H,3-4,11-12H2,1-2H3. The van der Waals surface area contributed by atoms with E-state index in [9.17, 15) is 9.59 Å². The summed E-state index contributed by atoms with van der Waals surface area (Å²) in [6, 6.07) is 13.3. The number of hydrogen-bond donors (Lipinski definition) is 0. The summed E-state index contributed by atoms with van der Waals surface area (Å²) >= 11 is 3.41. The Labute approximate surface area is 167 Å². The average Bonchev–Trinajstić information content (AvgIpc) is 3.25. The number of halogens is 1. The van der Waals surface area contributed by atoms with Gasteiger partial charge in [-0.1, -0.05) is 34.1 Å². The van der Waals surface area contributed by atoms with Crippen LogP contribution in [0.1, 0.15) is 29.5 Å². The largest absolute Gasteiger partial charge is 0.366 e. The summed E-state index contributed by atoms with van der Waals surface area (Å²) in [6.45, 7) is 5.71.